The molecule has 0 aliphatic heterocycles. The third-order valence-corrected chi connectivity index (χ3v) is 2.64. The maximum Gasteiger partial charge on any atom is 0.337 e. The van der Waals surface area contributed by atoms with Crippen LogP contribution >= 0.6 is 0 Å². The maximum absolute atomic E-state index is 10.7. The highest BCUT2D eigenvalue weighted by atomic mass is 32.2. The van der Waals surface area contributed by atoms with Crippen molar-refractivity contribution in [2.24, 2.45) is 0 Å². The van der Waals surface area contributed by atoms with E-state index in [9.17, 15) is 13.2 Å². The van der Waals surface area contributed by atoms with Gasteiger partial charge >= 0.3 is 5.97 Å². The molecule has 1 aromatic carbocycles. The van der Waals surface area contributed by atoms with Crippen LogP contribution in [0.25, 0.3) is 0 Å². The van der Waals surface area contributed by atoms with Crippen molar-refractivity contribution in [3.8, 4) is 0 Å². The van der Waals surface area contributed by atoms with E-state index in [2.05, 4.69) is 5.32 Å². The predicted octanol–water partition coefficient (Wildman–Crippen LogP) is 0.673. The van der Waals surface area contributed by atoms with E-state index in [-0.39, 0.29) is 11.3 Å². The predicted molar refractivity (Wildman–Crippen MR) is 52.8 cm³/mol. The molecule has 1 aromatic rings. The van der Waals surface area contributed by atoms with Crippen LogP contribution in [-0.2, 0) is 10.1 Å². The van der Waals surface area contributed by atoms with Gasteiger partial charge in [-0.15, -0.1) is 0 Å². The highest BCUT2D eigenvalue weighted by molar-refractivity contribution is 7.85. The van der Waals surface area contributed by atoms with Crippen LogP contribution in [0.15, 0.2) is 23.1 Å². The zero-order chi connectivity index (χ0) is 11.6. The third kappa shape index (κ3) is 2.45. The Labute approximate surface area is 86.3 Å². The summed E-state index contributed by atoms with van der Waals surface area (Å²) in [4.78, 5) is 10.3. The van der Waals surface area contributed by atoms with E-state index in [1.54, 1.807) is 0 Å². The lowest BCUT2D eigenvalue weighted by atomic mass is 10.2. The van der Waals surface area contributed by atoms with Crippen LogP contribution in [-0.4, -0.2) is 31.1 Å². The SMILES string of the molecule is CNc1ccc(S(=O)(=O)O)cc1C(=O)O. The van der Waals surface area contributed by atoms with Gasteiger partial charge in [-0.3, -0.25) is 4.55 Å². The Morgan fingerprint density at radius 1 is 1.40 bits per heavy atom. The first-order valence-electron chi connectivity index (χ1n) is 3.89. The van der Waals surface area contributed by atoms with Gasteiger partial charge in [0, 0.05) is 12.7 Å². The van der Waals surface area contributed by atoms with Gasteiger partial charge in [-0.05, 0) is 18.2 Å². The summed E-state index contributed by atoms with van der Waals surface area (Å²) in [5.41, 5.74) is 0.0579. The molecular weight excluding hydrogens is 222 g/mol. The summed E-state index contributed by atoms with van der Waals surface area (Å²) >= 11 is 0. The molecule has 6 nitrogen and oxygen atoms in total. The van der Waals surface area contributed by atoms with Crippen molar-refractivity contribution < 1.29 is 22.9 Å². The fourth-order valence-corrected chi connectivity index (χ4v) is 1.59. The Hall–Kier alpha value is -1.60. The van der Waals surface area contributed by atoms with Crippen LogP contribution in [0.2, 0.25) is 0 Å². The molecule has 1 rings (SSSR count). The van der Waals surface area contributed by atoms with E-state index >= 15 is 0 Å². The van der Waals surface area contributed by atoms with Crippen LogP contribution in [0.1, 0.15) is 10.4 Å². The molecule has 0 saturated heterocycles. The molecule has 0 spiro atoms. The van der Waals surface area contributed by atoms with Crippen LogP contribution in [0.5, 0.6) is 0 Å². The second-order valence-corrected chi connectivity index (χ2v) is 4.16. The molecule has 0 aromatic heterocycles. The fourth-order valence-electron chi connectivity index (χ4n) is 1.08. The summed E-state index contributed by atoms with van der Waals surface area (Å²) in [6, 6.07) is 3.28. The first kappa shape index (κ1) is 11.5. The minimum absolute atomic E-state index is 0.215. The molecule has 0 unspecified atom stereocenters. The van der Waals surface area contributed by atoms with Gasteiger partial charge < -0.3 is 10.4 Å². The van der Waals surface area contributed by atoms with E-state index in [1.807, 2.05) is 0 Å². The summed E-state index contributed by atoms with van der Waals surface area (Å²) < 4.78 is 30.2. The normalized spacial score (nSPS) is 11.1. The van der Waals surface area contributed by atoms with E-state index in [0.29, 0.717) is 0 Å². The first-order chi connectivity index (χ1) is 6.86. The Morgan fingerprint density at radius 2 is 2.00 bits per heavy atom. The number of hydrogen-bond acceptors (Lipinski definition) is 4. The van der Waals surface area contributed by atoms with Gasteiger partial charge in [-0.2, -0.15) is 8.42 Å². The Balaban J connectivity index is 3.42. The zero-order valence-electron chi connectivity index (χ0n) is 7.76. The molecule has 15 heavy (non-hydrogen) atoms. The molecular formula is C8H9NO5S. The lowest BCUT2D eigenvalue weighted by Gasteiger charge is -2.06. The van der Waals surface area contributed by atoms with Crippen LogP contribution in [0.3, 0.4) is 0 Å². The van der Waals surface area contributed by atoms with E-state index in [1.165, 1.54) is 13.1 Å². The number of carboxylic acid groups (broad SMARTS) is 1. The number of anilines is 1. The number of rotatable bonds is 3. The van der Waals surface area contributed by atoms with Crippen molar-refractivity contribution in [2.75, 3.05) is 12.4 Å². The zero-order valence-corrected chi connectivity index (χ0v) is 8.58. The van der Waals surface area contributed by atoms with Gasteiger partial charge in [-0.25, -0.2) is 4.79 Å². The topological polar surface area (TPSA) is 104 Å². The van der Waals surface area contributed by atoms with E-state index in [4.69, 9.17) is 9.66 Å². The Kier molecular flexibility index (Phi) is 2.96. The molecule has 0 bridgehead atoms. The highest BCUT2D eigenvalue weighted by Gasteiger charge is 2.15. The summed E-state index contributed by atoms with van der Waals surface area (Å²) in [5.74, 6) is -1.27. The number of carboxylic acids is 1. The van der Waals surface area contributed by atoms with Crippen LogP contribution < -0.4 is 5.32 Å². The molecule has 7 heteroatoms. The van der Waals surface area contributed by atoms with Gasteiger partial charge in [0.25, 0.3) is 10.1 Å². The highest BCUT2D eigenvalue weighted by Crippen LogP contribution is 2.19. The van der Waals surface area contributed by atoms with Gasteiger partial charge in [0.1, 0.15) is 0 Å². The van der Waals surface area contributed by atoms with Crippen LogP contribution in [0.4, 0.5) is 5.69 Å². The standard InChI is InChI=1S/C8H9NO5S/c1-9-7-3-2-5(15(12,13)14)4-6(7)8(10)11/h2-4,9H,1H3,(H,10,11)(H,12,13,14). The fraction of sp³-hybridized carbons (Fsp3) is 0.125. The average molecular weight is 231 g/mol. The molecule has 0 atom stereocenters. The molecule has 0 fully saturated rings. The number of nitrogens with one attached hydrogen (secondary N) is 1. The molecule has 0 aliphatic rings. The van der Waals surface area contributed by atoms with Crippen molar-refractivity contribution in [3.63, 3.8) is 0 Å². The number of aromatic carboxylic acids is 1. The monoisotopic (exact) mass is 231 g/mol. The third-order valence-electron chi connectivity index (χ3n) is 1.79. The molecule has 0 heterocycles. The quantitative estimate of drug-likeness (QED) is 0.660. The largest absolute Gasteiger partial charge is 0.478 e. The molecule has 82 valence electrons. The Morgan fingerprint density at radius 3 is 2.40 bits per heavy atom. The number of carbonyl (C=O) groups is 1. The van der Waals surface area contributed by atoms with Gasteiger partial charge in [-0.1, -0.05) is 0 Å². The van der Waals surface area contributed by atoms with Crippen molar-refractivity contribution in [1.82, 2.24) is 0 Å². The average Bonchev–Trinajstić information content (AvgIpc) is 2.15. The van der Waals surface area contributed by atoms with E-state index in [0.717, 1.165) is 12.1 Å². The van der Waals surface area contributed by atoms with Crippen molar-refractivity contribution in [1.29, 1.82) is 0 Å². The molecule has 0 aliphatic carbocycles. The van der Waals surface area contributed by atoms with Gasteiger partial charge in [0.2, 0.25) is 0 Å². The minimum atomic E-state index is -4.37. The summed E-state index contributed by atoms with van der Waals surface area (Å²) in [6.45, 7) is 0. The van der Waals surface area contributed by atoms with Gasteiger partial charge in [0.05, 0.1) is 10.5 Å². The molecule has 0 amide bonds. The number of hydrogen-bond donors (Lipinski definition) is 3. The molecule has 0 saturated carbocycles. The second-order valence-electron chi connectivity index (χ2n) is 2.74. The smallest absolute Gasteiger partial charge is 0.337 e. The molecule has 0 radical (unpaired) electrons. The van der Waals surface area contributed by atoms with E-state index < -0.39 is 21.0 Å². The first-order valence-corrected chi connectivity index (χ1v) is 5.33. The van der Waals surface area contributed by atoms with Crippen molar-refractivity contribution in [2.45, 2.75) is 4.90 Å². The summed E-state index contributed by atoms with van der Waals surface area (Å²) in [5, 5.41) is 11.4. The lowest BCUT2D eigenvalue weighted by molar-refractivity contribution is 0.0697. The summed E-state index contributed by atoms with van der Waals surface area (Å²) in [7, 11) is -2.87. The van der Waals surface area contributed by atoms with Gasteiger partial charge in [0.15, 0.2) is 0 Å². The molecule has 3 N–H and O–H groups in total. The van der Waals surface area contributed by atoms with Crippen molar-refractivity contribution >= 4 is 21.8 Å². The van der Waals surface area contributed by atoms with Crippen LogP contribution in [0, 0.1) is 0 Å². The Bertz CT molecular complexity index is 494. The second kappa shape index (κ2) is 3.87. The minimum Gasteiger partial charge on any atom is -0.478 e. The number of benzene rings is 1. The maximum atomic E-state index is 10.7. The summed E-state index contributed by atoms with van der Waals surface area (Å²) in [6.07, 6.45) is 0. The lowest BCUT2D eigenvalue weighted by Crippen LogP contribution is -2.06. The van der Waals surface area contributed by atoms with Crippen molar-refractivity contribution in [3.05, 3.63) is 23.8 Å².